The number of nitriles is 1. The molecule has 0 spiro atoms. The van der Waals surface area contributed by atoms with Gasteiger partial charge < -0.3 is 5.73 Å². The number of aryl methyl sites for hydroxylation is 1. The average Bonchev–Trinajstić information content (AvgIpc) is 2.76. The molecule has 4 heteroatoms. The monoisotopic (exact) mass is 265 g/mol. The molecule has 18 heavy (non-hydrogen) atoms. The number of nitrogens with zero attached hydrogens (tertiary/aromatic N) is 2. The molecule has 0 aliphatic rings. The van der Waals surface area contributed by atoms with Crippen molar-refractivity contribution in [2.75, 3.05) is 7.05 Å². The third kappa shape index (κ3) is 3.32. The van der Waals surface area contributed by atoms with Gasteiger partial charge in [0.05, 0.1) is 18.5 Å². The Balaban J connectivity index is 3.00. The number of hydrogen-bond donors (Lipinski definition) is 1. The average molecular weight is 265 g/mol. The molecule has 0 saturated heterocycles. The highest BCUT2D eigenvalue weighted by atomic mass is 32.1. The summed E-state index contributed by atoms with van der Waals surface area (Å²) in [6.07, 6.45) is 1.47. The number of nitrogens with two attached hydrogens (primary N) is 1. The summed E-state index contributed by atoms with van der Waals surface area (Å²) >= 11 is 1.76. The summed E-state index contributed by atoms with van der Waals surface area (Å²) in [5, 5.41) is 11.0. The molecule has 1 heterocycles. The third-order valence-electron chi connectivity index (χ3n) is 3.57. The van der Waals surface area contributed by atoms with Crippen LogP contribution in [-0.4, -0.2) is 24.0 Å². The Morgan fingerprint density at radius 1 is 1.56 bits per heavy atom. The molecule has 2 N–H and O–H groups in total. The van der Waals surface area contributed by atoms with Crippen molar-refractivity contribution in [3.63, 3.8) is 0 Å². The van der Waals surface area contributed by atoms with E-state index in [0.717, 1.165) is 6.42 Å². The van der Waals surface area contributed by atoms with E-state index in [0.29, 0.717) is 6.42 Å². The summed E-state index contributed by atoms with van der Waals surface area (Å²) in [5.74, 6) is 0. The zero-order chi connectivity index (χ0) is 13.7. The predicted octanol–water partition coefficient (Wildman–Crippen LogP) is 3.07. The predicted molar refractivity (Wildman–Crippen MR) is 77.5 cm³/mol. The Morgan fingerprint density at radius 2 is 2.22 bits per heavy atom. The highest BCUT2D eigenvalue weighted by molar-refractivity contribution is 7.10. The molecule has 0 amide bonds. The van der Waals surface area contributed by atoms with Crippen molar-refractivity contribution in [3.05, 3.63) is 21.9 Å². The van der Waals surface area contributed by atoms with E-state index in [1.807, 2.05) is 0 Å². The molecule has 1 aromatic rings. The van der Waals surface area contributed by atoms with Crippen LogP contribution in [0, 0.1) is 18.3 Å². The van der Waals surface area contributed by atoms with Crippen molar-refractivity contribution < 1.29 is 0 Å². The molecule has 100 valence electrons. The van der Waals surface area contributed by atoms with Crippen molar-refractivity contribution in [1.82, 2.24) is 4.90 Å². The number of likely N-dealkylation sites (N-methyl/N-ethyl adjacent to an activating group) is 1. The first kappa shape index (κ1) is 15.2. The normalized spacial score (nSPS) is 16.3. The van der Waals surface area contributed by atoms with Gasteiger partial charge in [-0.3, -0.25) is 4.90 Å². The minimum absolute atomic E-state index is 0.105. The van der Waals surface area contributed by atoms with Gasteiger partial charge in [-0.25, -0.2) is 0 Å². The van der Waals surface area contributed by atoms with Crippen LogP contribution in [0.15, 0.2) is 11.4 Å². The van der Waals surface area contributed by atoms with Crippen LogP contribution in [0.25, 0.3) is 0 Å². The van der Waals surface area contributed by atoms with Gasteiger partial charge in [-0.15, -0.1) is 11.3 Å². The van der Waals surface area contributed by atoms with Gasteiger partial charge >= 0.3 is 0 Å². The van der Waals surface area contributed by atoms with Gasteiger partial charge in [-0.05, 0) is 44.3 Å². The molecule has 0 aromatic carbocycles. The maximum absolute atomic E-state index is 8.84. The van der Waals surface area contributed by atoms with Gasteiger partial charge in [0.15, 0.2) is 0 Å². The highest BCUT2D eigenvalue weighted by Gasteiger charge is 2.28. The third-order valence-corrected chi connectivity index (χ3v) is 4.66. The highest BCUT2D eigenvalue weighted by Crippen LogP contribution is 2.32. The SMILES string of the molecule is CCC(N)C(c1sccc1C)N(C)C(C)CC#N. The van der Waals surface area contributed by atoms with Gasteiger partial charge in [-0.1, -0.05) is 6.92 Å². The maximum atomic E-state index is 8.84. The molecule has 1 rings (SSSR count). The second-order valence-corrected chi connectivity index (χ2v) is 5.81. The first-order valence-corrected chi connectivity index (χ1v) is 7.29. The first-order chi connectivity index (χ1) is 8.52. The zero-order valence-electron chi connectivity index (χ0n) is 11.7. The topological polar surface area (TPSA) is 53.0 Å². The lowest BCUT2D eigenvalue weighted by molar-refractivity contribution is 0.162. The molecular weight excluding hydrogens is 242 g/mol. The van der Waals surface area contributed by atoms with Gasteiger partial charge in [-0.2, -0.15) is 5.26 Å². The molecule has 0 aliphatic heterocycles. The van der Waals surface area contributed by atoms with Crippen LogP contribution in [0.3, 0.4) is 0 Å². The van der Waals surface area contributed by atoms with Crippen molar-refractivity contribution in [3.8, 4) is 6.07 Å². The molecule has 3 nitrogen and oxygen atoms in total. The van der Waals surface area contributed by atoms with E-state index >= 15 is 0 Å². The van der Waals surface area contributed by atoms with Gasteiger partial charge in [0.25, 0.3) is 0 Å². The molecule has 0 aliphatic carbocycles. The summed E-state index contributed by atoms with van der Waals surface area (Å²) in [4.78, 5) is 3.58. The second kappa shape index (κ2) is 6.89. The van der Waals surface area contributed by atoms with Crippen LogP contribution in [0.5, 0.6) is 0 Å². The fourth-order valence-corrected chi connectivity index (χ4v) is 3.30. The summed E-state index contributed by atoms with van der Waals surface area (Å²) in [6.45, 7) is 6.33. The van der Waals surface area contributed by atoms with E-state index in [2.05, 4.69) is 50.2 Å². The Hall–Kier alpha value is -0.890. The van der Waals surface area contributed by atoms with Crippen LogP contribution in [0.4, 0.5) is 0 Å². The Kier molecular flexibility index (Phi) is 5.80. The molecule has 0 bridgehead atoms. The van der Waals surface area contributed by atoms with Gasteiger partial charge in [0.2, 0.25) is 0 Å². The second-order valence-electron chi connectivity index (χ2n) is 4.86. The molecule has 0 fully saturated rings. The van der Waals surface area contributed by atoms with E-state index in [-0.39, 0.29) is 18.1 Å². The lowest BCUT2D eigenvalue weighted by atomic mass is 9.99. The lowest BCUT2D eigenvalue weighted by Gasteiger charge is -2.35. The molecule has 1 aromatic heterocycles. The summed E-state index contributed by atoms with van der Waals surface area (Å²) in [6, 6.07) is 4.91. The fourth-order valence-electron chi connectivity index (χ4n) is 2.14. The first-order valence-electron chi connectivity index (χ1n) is 6.41. The van der Waals surface area contributed by atoms with Crippen molar-refractivity contribution in [2.24, 2.45) is 5.73 Å². The summed E-state index contributed by atoms with van der Waals surface area (Å²) in [5.41, 5.74) is 7.59. The van der Waals surface area contributed by atoms with Crippen molar-refractivity contribution in [1.29, 1.82) is 5.26 Å². The van der Waals surface area contributed by atoms with Crippen LogP contribution in [0.2, 0.25) is 0 Å². The Morgan fingerprint density at radius 3 is 2.67 bits per heavy atom. The number of hydrogen-bond acceptors (Lipinski definition) is 4. The van der Waals surface area contributed by atoms with Crippen molar-refractivity contribution >= 4 is 11.3 Å². The van der Waals surface area contributed by atoms with E-state index in [4.69, 9.17) is 11.0 Å². The standard InChI is InChI=1S/C14H23N3S/c1-5-12(16)13(14-10(2)7-9-18-14)17(4)11(3)6-8-15/h7,9,11-13H,5-6,16H2,1-4H3. The van der Waals surface area contributed by atoms with Crippen LogP contribution < -0.4 is 5.73 Å². The summed E-state index contributed by atoms with van der Waals surface area (Å²) in [7, 11) is 2.07. The molecule has 0 saturated carbocycles. The maximum Gasteiger partial charge on any atom is 0.0638 e. The Labute approximate surface area is 114 Å². The van der Waals surface area contributed by atoms with Crippen LogP contribution >= 0.6 is 11.3 Å². The minimum Gasteiger partial charge on any atom is -0.326 e. The molecular formula is C14H23N3S. The van der Waals surface area contributed by atoms with Crippen LogP contribution in [-0.2, 0) is 0 Å². The quantitative estimate of drug-likeness (QED) is 0.860. The van der Waals surface area contributed by atoms with Crippen LogP contribution in [0.1, 0.15) is 43.2 Å². The number of thiophene rings is 1. The molecule has 3 unspecified atom stereocenters. The van der Waals surface area contributed by atoms with E-state index in [1.165, 1.54) is 10.4 Å². The smallest absolute Gasteiger partial charge is 0.0638 e. The van der Waals surface area contributed by atoms with Crippen molar-refractivity contribution in [2.45, 2.75) is 51.7 Å². The van der Waals surface area contributed by atoms with E-state index < -0.39 is 0 Å². The van der Waals surface area contributed by atoms with E-state index in [9.17, 15) is 0 Å². The molecule has 0 radical (unpaired) electrons. The fraction of sp³-hybridized carbons (Fsp3) is 0.643. The van der Waals surface area contributed by atoms with Gasteiger partial charge in [0, 0.05) is 17.0 Å². The lowest BCUT2D eigenvalue weighted by Crippen LogP contribution is -2.42. The largest absolute Gasteiger partial charge is 0.326 e. The van der Waals surface area contributed by atoms with Gasteiger partial charge in [0.1, 0.15) is 0 Å². The minimum atomic E-state index is 0.105. The zero-order valence-corrected chi connectivity index (χ0v) is 12.5. The number of rotatable bonds is 6. The summed E-state index contributed by atoms with van der Waals surface area (Å²) < 4.78 is 0. The molecule has 3 atom stereocenters. The van der Waals surface area contributed by atoms with E-state index in [1.54, 1.807) is 11.3 Å². The Bertz CT molecular complexity index is 407.